The Labute approximate surface area is 117 Å². The van der Waals surface area contributed by atoms with E-state index in [9.17, 15) is 4.79 Å². The van der Waals surface area contributed by atoms with Crippen LogP contribution in [0.25, 0.3) is 0 Å². The molecule has 0 radical (unpaired) electrons. The SMILES string of the molecule is C#Cc1cccc(NC(=O)c2c(N)c(C)nn2CC)c1. The molecule has 102 valence electrons. The first-order valence-corrected chi connectivity index (χ1v) is 6.27. The van der Waals surface area contributed by atoms with E-state index in [0.29, 0.717) is 34.9 Å². The molecule has 0 aliphatic carbocycles. The molecule has 0 fully saturated rings. The number of terminal acetylenes is 1. The van der Waals surface area contributed by atoms with Crippen molar-refractivity contribution in [2.45, 2.75) is 20.4 Å². The number of hydrogen-bond acceptors (Lipinski definition) is 3. The highest BCUT2D eigenvalue weighted by Crippen LogP contribution is 2.18. The highest BCUT2D eigenvalue weighted by Gasteiger charge is 2.19. The summed E-state index contributed by atoms with van der Waals surface area (Å²) in [5, 5.41) is 7.01. The molecular weight excluding hydrogens is 252 g/mol. The van der Waals surface area contributed by atoms with Gasteiger partial charge in [0, 0.05) is 17.8 Å². The zero-order chi connectivity index (χ0) is 14.7. The fourth-order valence-electron chi connectivity index (χ4n) is 1.94. The first kappa shape index (κ1) is 13.7. The first-order valence-electron chi connectivity index (χ1n) is 6.27. The van der Waals surface area contributed by atoms with Gasteiger partial charge in [0.15, 0.2) is 0 Å². The van der Waals surface area contributed by atoms with Crippen LogP contribution in [0.4, 0.5) is 11.4 Å². The molecule has 3 N–H and O–H groups in total. The second-order valence-corrected chi connectivity index (χ2v) is 4.34. The van der Waals surface area contributed by atoms with Crippen LogP contribution in [0.2, 0.25) is 0 Å². The monoisotopic (exact) mass is 268 g/mol. The topological polar surface area (TPSA) is 72.9 Å². The van der Waals surface area contributed by atoms with Crippen molar-refractivity contribution in [2.24, 2.45) is 0 Å². The van der Waals surface area contributed by atoms with E-state index in [4.69, 9.17) is 12.2 Å². The van der Waals surface area contributed by atoms with Crippen molar-refractivity contribution in [3.05, 3.63) is 41.2 Å². The highest BCUT2D eigenvalue weighted by atomic mass is 16.2. The van der Waals surface area contributed by atoms with Crippen LogP contribution in [0.3, 0.4) is 0 Å². The summed E-state index contributed by atoms with van der Waals surface area (Å²) in [5.74, 6) is 2.23. The van der Waals surface area contributed by atoms with Crippen molar-refractivity contribution in [1.29, 1.82) is 0 Å². The summed E-state index contributed by atoms with van der Waals surface area (Å²) in [5.41, 5.74) is 8.67. The number of carbonyl (C=O) groups excluding carboxylic acids is 1. The molecule has 0 aliphatic rings. The molecule has 1 aromatic heterocycles. The van der Waals surface area contributed by atoms with Gasteiger partial charge >= 0.3 is 0 Å². The van der Waals surface area contributed by atoms with Crippen LogP contribution < -0.4 is 11.1 Å². The average Bonchev–Trinajstić information content (AvgIpc) is 2.74. The smallest absolute Gasteiger partial charge is 0.276 e. The van der Waals surface area contributed by atoms with E-state index in [1.165, 1.54) is 0 Å². The van der Waals surface area contributed by atoms with Crippen LogP contribution in [0, 0.1) is 19.3 Å². The number of carbonyl (C=O) groups is 1. The minimum Gasteiger partial charge on any atom is -0.395 e. The van der Waals surface area contributed by atoms with E-state index in [0.717, 1.165) is 0 Å². The summed E-state index contributed by atoms with van der Waals surface area (Å²) in [6.07, 6.45) is 5.34. The molecule has 5 heteroatoms. The van der Waals surface area contributed by atoms with Gasteiger partial charge in [0.05, 0.1) is 11.4 Å². The molecule has 20 heavy (non-hydrogen) atoms. The van der Waals surface area contributed by atoms with E-state index in [-0.39, 0.29) is 5.91 Å². The summed E-state index contributed by atoms with van der Waals surface area (Å²) in [6.45, 7) is 4.25. The quantitative estimate of drug-likeness (QED) is 0.836. The molecule has 2 aromatic rings. The minimum atomic E-state index is -0.292. The third-order valence-corrected chi connectivity index (χ3v) is 2.98. The second kappa shape index (κ2) is 5.49. The third kappa shape index (κ3) is 2.50. The second-order valence-electron chi connectivity index (χ2n) is 4.34. The number of rotatable bonds is 3. The number of aromatic nitrogens is 2. The van der Waals surface area contributed by atoms with Crippen LogP contribution in [-0.2, 0) is 6.54 Å². The van der Waals surface area contributed by atoms with Gasteiger partial charge in [-0.25, -0.2) is 0 Å². The lowest BCUT2D eigenvalue weighted by Crippen LogP contribution is -2.18. The highest BCUT2D eigenvalue weighted by molar-refractivity contribution is 6.06. The van der Waals surface area contributed by atoms with E-state index in [1.807, 2.05) is 6.92 Å². The summed E-state index contributed by atoms with van der Waals surface area (Å²) in [6, 6.07) is 7.09. The Morgan fingerprint density at radius 1 is 1.55 bits per heavy atom. The van der Waals surface area contributed by atoms with E-state index >= 15 is 0 Å². The standard InChI is InChI=1S/C15H16N4O/c1-4-11-7-6-8-12(9-11)17-15(20)14-13(16)10(3)18-19(14)5-2/h1,6-9H,5,16H2,2-3H3,(H,17,20). The van der Waals surface area contributed by atoms with Gasteiger partial charge in [0.1, 0.15) is 5.69 Å². The molecule has 0 atom stereocenters. The number of aryl methyl sites for hydroxylation is 2. The van der Waals surface area contributed by atoms with Gasteiger partial charge in [-0.3, -0.25) is 9.48 Å². The fourth-order valence-corrected chi connectivity index (χ4v) is 1.94. The number of nitrogens with two attached hydrogens (primary N) is 1. The Kier molecular flexibility index (Phi) is 3.76. The molecule has 1 heterocycles. The van der Waals surface area contributed by atoms with Crippen molar-refractivity contribution in [3.63, 3.8) is 0 Å². The molecule has 0 saturated heterocycles. The lowest BCUT2D eigenvalue weighted by molar-refractivity contribution is 0.101. The first-order chi connectivity index (χ1) is 9.56. The van der Waals surface area contributed by atoms with Crippen LogP contribution >= 0.6 is 0 Å². The van der Waals surface area contributed by atoms with Crippen LogP contribution in [0.15, 0.2) is 24.3 Å². The molecular formula is C15H16N4O. The largest absolute Gasteiger partial charge is 0.395 e. The van der Waals surface area contributed by atoms with Crippen molar-refractivity contribution in [2.75, 3.05) is 11.1 Å². The predicted molar refractivity (Wildman–Crippen MR) is 79.4 cm³/mol. The molecule has 1 amide bonds. The van der Waals surface area contributed by atoms with Crippen molar-refractivity contribution in [1.82, 2.24) is 9.78 Å². The number of nitrogen functional groups attached to an aromatic ring is 1. The molecule has 0 aliphatic heterocycles. The van der Waals surface area contributed by atoms with Crippen molar-refractivity contribution >= 4 is 17.3 Å². The molecule has 5 nitrogen and oxygen atoms in total. The Morgan fingerprint density at radius 3 is 2.95 bits per heavy atom. The van der Waals surface area contributed by atoms with Crippen molar-refractivity contribution in [3.8, 4) is 12.3 Å². The summed E-state index contributed by atoms with van der Waals surface area (Å²) >= 11 is 0. The van der Waals surface area contributed by atoms with Gasteiger partial charge in [-0.15, -0.1) is 6.42 Å². The summed E-state index contributed by atoms with van der Waals surface area (Å²) in [7, 11) is 0. The van der Waals surface area contributed by atoms with Crippen LogP contribution in [0.5, 0.6) is 0 Å². The third-order valence-electron chi connectivity index (χ3n) is 2.98. The number of amides is 1. The van der Waals surface area contributed by atoms with E-state index < -0.39 is 0 Å². The molecule has 0 saturated carbocycles. The fraction of sp³-hybridized carbons (Fsp3) is 0.200. The molecule has 0 bridgehead atoms. The Bertz CT molecular complexity index is 694. The molecule has 1 aromatic carbocycles. The number of benzene rings is 1. The minimum absolute atomic E-state index is 0.292. The zero-order valence-electron chi connectivity index (χ0n) is 11.5. The average molecular weight is 268 g/mol. The van der Waals surface area contributed by atoms with Gasteiger partial charge in [-0.1, -0.05) is 12.0 Å². The maximum absolute atomic E-state index is 12.3. The lowest BCUT2D eigenvalue weighted by atomic mass is 10.2. The van der Waals surface area contributed by atoms with Gasteiger partial charge in [0.2, 0.25) is 0 Å². The Balaban J connectivity index is 2.31. The number of nitrogens with zero attached hydrogens (tertiary/aromatic N) is 2. The summed E-state index contributed by atoms with van der Waals surface area (Å²) < 4.78 is 1.59. The van der Waals surface area contributed by atoms with Gasteiger partial charge in [-0.2, -0.15) is 5.10 Å². The summed E-state index contributed by atoms with van der Waals surface area (Å²) in [4.78, 5) is 12.3. The van der Waals surface area contributed by atoms with Gasteiger partial charge in [-0.05, 0) is 32.0 Å². The number of nitrogens with one attached hydrogen (secondary N) is 1. The normalized spacial score (nSPS) is 10.1. The Hall–Kier alpha value is -2.74. The van der Waals surface area contributed by atoms with E-state index in [1.54, 1.807) is 35.9 Å². The Morgan fingerprint density at radius 2 is 2.30 bits per heavy atom. The predicted octanol–water partition coefficient (Wildman–Crippen LogP) is 2.03. The number of hydrogen-bond donors (Lipinski definition) is 2. The maximum Gasteiger partial charge on any atom is 0.276 e. The van der Waals surface area contributed by atoms with Crippen LogP contribution in [-0.4, -0.2) is 15.7 Å². The van der Waals surface area contributed by atoms with Crippen LogP contribution in [0.1, 0.15) is 28.7 Å². The molecule has 0 spiro atoms. The maximum atomic E-state index is 12.3. The van der Waals surface area contributed by atoms with Crippen molar-refractivity contribution < 1.29 is 4.79 Å². The molecule has 2 rings (SSSR count). The molecule has 0 unspecified atom stereocenters. The lowest BCUT2D eigenvalue weighted by Gasteiger charge is -2.08. The number of anilines is 2. The van der Waals surface area contributed by atoms with Gasteiger partial charge in [0.25, 0.3) is 5.91 Å². The van der Waals surface area contributed by atoms with Gasteiger partial charge < -0.3 is 11.1 Å². The zero-order valence-corrected chi connectivity index (χ0v) is 11.5. The van der Waals surface area contributed by atoms with E-state index in [2.05, 4.69) is 16.3 Å².